The van der Waals surface area contributed by atoms with E-state index in [0.717, 1.165) is 22.4 Å². The maximum Gasteiger partial charge on any atom is 0.244 e. The highest BCUT2D eigenvalue weighted by Crippen LogP contribution is 2.37. The maximum absolute atomic E-state index is 13.5. The molecule has 1 fully saturated rings. The minimum atomic E-state index is -3.08. The number of hydrogen-bond acceptors (Lipinski definition) is 6. The molecule has 0 aromatic heterocycles. The Labute approximate surface area is 185 Å². The molecule has 0 radical (unpaired) electrons. The molecule has 1 saturated heterocycles. The number of thioether (sulfide) groups is 1. The van der Waals surface area contributed by atoms with Gasteiger partial charge < -0.3 is 10.2 Å². The summed E-state index contributed by atoms with van der Waals surface area (Å²) in [5.74, 6) is -0.490. The van der Waals surface area contributed by atoms with Gasteiger partial charge in [0.15, 0.2) is 15.0 Å². The van der Waals surface area contributed by atoms with Crippen LogP contribution in [0.2, 0.25) is 0 Å². The smallest absolute Gasteiger partial charge is 0.244 e. The fourth-order valence-corrected chi connectivity index (χ4v) is 7.84. The van der Waals surface area contributed by atoms with Crippen molar-refractivity contribution < 1.29 is 17.6 Å². The molecule has 1 N–H and O–H groups in total. The highest BCUT2D eigenvalue weighted by molar-refractivity contribution is 8.15. The van der Waals surface area contributed by atoms with Gasteiger partial charge in [0.1, 0.15) is 12.4 Å². The number of nitrogens with one attached hydrogen (secondary N) is 1. The molecule has 2 atom stereocenters. The number of anilines is 2. The lowest BCUT2D eigenvalue weighted by atomic mass is 10.1. The van der Waals surface area contributed by atoms with E-state index in [1.165, 1.54) is 23.9 Å². The number of aliphatic imine (C=N–C) groups is 1. The summed E-state index contributed by atoms with van der Waals surface area (Å²) in [5.41, 5.74) is 4.48. The van der Waals surface area contributed by atoms with Crippen molar-refractivity contribution in [3.05, 3.63) is 58.9 Å². The van der Waals surface area contributed by atoms with Crippen LogP contribution in [-0.2, 0) is 14.6 Å². The number of carbonyl (C=O) groups excluding carboxylic acids is 1. The number of amidine groups is 1. The first-order chi connectivity index (χ1) is 14.6. The molecule has 164 valence electrons. The minimum absolute atomic E-state index is 0.0174. The first kappa shape index (κ1) is 21.8. The molecule has 4 rings (SSSR count). The van der Waals surface area contributed by atoms with E-state index in [2.05, 4.69) is 10.3 Å². The standard InChI is InChI=1S/C22H24FN3O3S2/c1-13-8-14(2)21(15(3)9-13)25-20(27)10-26(17-6-4-16(23)5-7-17)22-24-18-11-31(28,29)12-19(18)30-22/h4-9,18-19H,10-12H2,1-3H3,(H,25,27). The number of amides is 1. The summed E-state index contributed by atoms with van der Waals surface area (Å²) < 4.78 is 37.3. The summed E-state index contributed by atoms with van der Waals surface area (Å²) in [6, 6.07) is 9.58. The van der Waals surface area contributed by atoms with E-state index in [0.29, 0.717) is 10.9 Å². The minimum Gasteiger partial charge on any atom is -0.324 e. The lowest BCUT2D eigenvalue weighted by Gasteiger charge is -2.24. The number of hydrogen-bond donors (Lipinski definition) is 1. The molecular weight excluding hydrogens is 437 g/mol. The van der Waals surface area contributed by atoms with Crippen molar-refractivity contribution in [1.82, 2.24) is 0 Å². The fraction of sp³-hybridized carbons (Fsp3) is 0.364. The quantitative estimate of drug-likeness (QED) is 0.754. The Kier molecular flexibility index (Phi) is 5.83. The Bertz CT molecular complexity index is 1140. The van der Waals surface area contributed by atoms with Crippen molar-refractivity contribution in [2.24, 2.45) is 4.99 Å². The summed E-state index contributed by atoms with van der Waals surface area (Å²) >= 11 is 1.37. The summed E-state index contributed by atoms with van der Waals surface area (Å²) in [6.45, 7) is 5.89. The summed E-state index contributed by atoms with van der Waals surface area (Å²) in [5, 5.41) is 3.43. The topological polar surface area (TPSA) is 78.8 Å². The summed E-state index contributed by atoms with van der Waals surface area (Å²) in [6.07, 6.45) is 0. The van der Waals surface area contributed by atoms with Gasteiger partial charge in [-0.3, -0.25) is 9.79 Å². The predicted molar refractivity (Wildman–Crippen MR) is 124 cm³/mol. The third-order valence-electron chi connectivity index (χ3n) is 5.42. The molecule has 0 saturated carbocycles. The average Bonchev–Trinajstić information content (AvgIpc) is 3.17. The second-order valence-corrected chi connectivity index (χ2v) is 11.5. The molecule has 2 unspecified atom stereocenters. The van der Waals surface area contributed by atoms with Gasteiger partial charge in [-0.2, -0.15) is 0 Å². The van der Waals surface area contributed by atoms with Gasteiger partial charge in [0, 0.05) is 16.6 Å². The van der Waals surface area contributed by atoms with E-state index in [1.54, 1.807) is 17.0 Å². The van der Waals surface area contributed by atoms with Gasteiger partial charge in [-0.1, -0.05) is 29.5 Å². The number of aryl methyl sites for hydroxylation is 3. The molecular formula is C22H24FN3O3S2. The van der Waals surface area contributed by atoms with Crippen molar-refractivity contribution >= 4 is 44.0 Å². The van der Waals surface area contributed by atoms with Gasteiger partial charge >= 0.3 is 0 Å². The zero-order valence-electron chi connectivity index (χ0n) is 17.6. The Morgan fingerprint density at radius 3 is 2.42 bits per heavy atom. The zero-order chi connectivity index (χ0) is 22.3. The van der Waals surface area contributed by atoms with Gasteiger partial charge in [-0.05, 0) is 56.2 Å². The molecule has 2 aromatic carbocycles. The van der Waals surface area contributed by atoms with Crippen molar-refractivity contribution in [3.63, 3.8) is 0 Å². The predicted octanol–water partition coefficient (Wildman–Crippen LogP) is 3.46. The Morgan fingerprint density at radius 2 is 1.81 bits per heavy atom. The molecule has 6 nitrogen and oxygen atoms in total. The van der Waals surface area contributed by atoms with Gasteiger partial charge in [0.25, 0.3) is 0 Å². The number of sulfone groups is 1. The molecule has 1 amide bonds. The number of rotatable bonds is 4. The Morgan fingerprint density at radius 1 is 1.16 bits per heavy atom. The number of fused-ring (bicyclic) bond motifs is 1. The molecule has 0 aliphatic carbocycles. The summed E-state index contributed by atoms with van der Waals surface area (Å²) in [4.78, 5) is 19.3. The number of benzene rings is 2. The monoisotopic (exact) mass is 461 g/mol. The van der Waals surface area contributed by atoms with E-state index in [9.17, 15) is 17.6 Å². The van der Waals surface area contributed by atoms with E-state index >= 15 is 0 Å². The van der Waals surface area contributed by atoms with Crippen LogP contribution in [0.5, 0.6) is 0 Å². The van der Waals surface area contributed by atoms with Gasteiger partial charge in [-0.15, -0.1) is 0 Å². The van der Waals surface area contributed by atoms with Crippen molar-refractivity contribution in [2.45, 2.75) is 32.1 Å². The third-order valence-corrected chi connectivity index (χ3v) is 8.67. The van der Waals surface area contributed by atoms with Crippen LogP contribution in [-0.4, -0.2) is 48.8 Å². The van der Waals surface area contributed by atoms with Gasteiger partial charge in [0.2, 0.25) is 5.91 Å². The lowest BCUT2D eigenvalue weighted by molar-refractivity contribution is -0.114. The summed E-state index contributed by atoms with van der Waals surface area (Å²) in [7, 11) is -3.08. The van der Waals surface area contributed by atoms with E-state index in [4.69, 9.17) is 0 Å². The second-order valence-electron chi connectivity index (χ2n) is 8.10. The second kappa shape index (κ2) is 8.27. The van der Waals surface area contributed by atoms with Crippen LogP contribution < -0.4 is 10.2 Å². The van der Waals surface area contributed by atoms with E-state index < -0.39 is 9.84 Å². The van der Waals surface area contributed by atoms with Crippen molar-refractivity contribution in [2.75, 3.05) is 28.3 Å². The van der Waals surface area contributed by atoms with Crippen LogP contribution in [0, 0.1) is 26.6 Å². The van der Waals surface area contributed by atoms with Crippen LogP contribution >= 0.6 is 11.8 Å². The van der Waals surface area contributed by atoms with Crippen LogP contribution in [0.4, 0.5) is 15.8 Å². The molecule has 0 bridgehead atoms. The molecule has 2 aliphatic rings. The van der Waals surface area contributed by atoms with Crippen LogP contribution in [0.3, 0.4) is 0 Å². The number of carbonyl (C=O) groups is 1. The van der Waals surface area contributed by atoms with Gasteiger partial charge in [-0.25, -0.2) is 12.8 Å². The zero-order valence-corrected chi connectivity index (χ0v) is 19.2. The SMILES string of the molecule is Cc1cc(C)c(NC(=O)CN(C2=NC3CS(=O)(=O)CC3S2)c2ccc(F)cc2)c(C)c1. The third kappa shape index (κ3) is 4.77. The Hall–Kier alpha value is -2.39. The van der Waals surface area contributed by atoms with Crippen LogP contribution in [0.1, 0.15) is 16.7 Å². The largest absolute Gasteiger partial charge is 0.324 e. The normalized spacial score (nSPS) is 21.5. The first-order valence-electron chi connectivity index (χ1n) is 9.97. The molecule has 2 aromatic rings. The van der Waals surface area contributed by atoms with Crippen molar-refractivity contribution in [1.29, 1.82) is 0 Å². The highest BCUT2D eigenvalue weighted by atomic mass is 32.2. The average molecular weight is 462 g/mol. The van der Waals surface area contributed by atoms with Crippen LogP contribution in [0.15, 0.2) is 41.4 Å². The maximum atomic E-state index is 13.5. The molecule has 31 heavy (non-hydrogen) atoms. The fourth-order valence-electron chi connectivity index (χ4n) is 4.06. The molecule has 2 heterocycles. The molecule has 9 heteroatoms. The Balaban J connectivity index is 1.59. The number of halogens is 1. The lowest BCUT2D eigenvalue weighted by Crippen LogP contribution is -2.37. The van der Waals surface area contributed by atoms with Gasteiger partial charge in [0.05, 0.1) is 17.5 Å². The van der Waals surface area contributed by atoms with E-state index in [-0.39, 0.29) is 41.1 Å². The van der Waals surface area contributed by atoms with Crippen molar-refractivity contribution in [3.8, 4) is 0 Å². The molecule has 2 aliphatic heterocycles. The highest BCUT2D eigenvalue weighted by Gasteiger charge is 2.44. The van der Waals surface area contributed by atoms with Crippen LogP contribution in [0.25, 0.3) is 0 Å². The first-order valence-corrected chi connectivity index (χ1v) is 12.7. The number of nitrogens with zero attached hydrogens (tertiary/aromatic N) is 2. The molecule has 0 spiro atoms. The van der Waals surface area contributed by atoms with E-state index in [1.807, 2.05) is 32.9 Å².